The number of benzene rings is 2. The van der Waals surface area contributed by atoms with Gasteiger partial charge >= 0.3 is 0 Å². The number of rotatable bonds is 2. The molecule has 0 unspecified atom stereocenters. The van der Waals surface area contributed by atoms with Crippen LogP contribution in [0.3, 0.4) is 0 Å². The molecule has 0 aliphatic carbocycles. The van der Waals surface area contributed by atoms with Gasteiger partial charge in [-0.25, -0.2) is 0 Å². The molecule has 4 rings (SSSR count). The van der Waals surface area contributed by atoms with Crippen molar-refractivity contribution in [2.24, 2.45) is 0 Å². The molecule has 1 fully saturated rings. The summed E-state index contributed by atoms with van der Waals surface area (Å²) >= 11 is 4.72. The highest BCUT2D eigenvalue weighted by molar-refractivity contribution is 9.10. The minimum Gasteiger partial charge on any atom is -0.335 e. The summed E-state index contributed by atoms with van der Waals surface area (Å²) in [4.78, 5) is 29.0. The first-order chi connectivity index (χ1) is 12.6. The highest BCUT2D eigenvalue weighted by Crippen LogP contribution is 2.24. The molecule has 0 saturated carbocycles. The van der Waals surface area contributed by atoms with Gasteiger partial charge in [0.05, 0.1) is 4.70 Å². The van der Waals surface area contributed by atoms with E-state index in [0.29, 0.717) is 37.4 Å². The van der Waals surface area contributed by atoms with Crippen LogP contribution in [0.25, 0.3) is 10.1 Å². The SMILES string of the molecule is O=C(c1ccc(Br)cc1)N1CCN(C(=O)c2nsc3ccccc23)CC1. The second kappa shape index (κ2) is 7.17. The number of amides is 2. The normalized spacial score (nSPS) is 14.7. The van der Waals surface area contributed by atoms with E-state index in [-0.39, 0.29) is 11.8 Å². The van der Waals surface area contributed by atoms with Crippen LogP contribution >= 0.6 is 27.5 Å². The van der Waals surface area contributed by atoms with Crippen LogP contribution in [-0.2, 0) is 0 Å². The first-order valence-electron chi connectivity index (χ1n) is 8.32. The molecule has 0 N–H and O–H groups in total. The Labute approximate surface area is 163 Å². The van der Waals surface area contributed by atoms with E-state index >= 15 is 0 Å². The summed E-state index contributed by atoms with van der Waals surface area (Å²) in [5.74, 6) is -0.0538. The number of aromatic nitrogens is 1. The number of hydrogen-bond donors (Lipinski definition) is 0. The Morgan fingerprint density at radius 2 is 1.50 bits per heavy atom. The lowest BCUT2D eigenvalue weighted by atomic mass is 10.1. The molecule has 3 aromatic rings. The molecule has 2 amide bonds. The van der Waals surface area contributed by atoms with Crippen LogP contribution in [0, 0.1) is 0 Å². The van der Waals surface area contributed by atoms with Crippen molar-refractivity contribution in [3.63, 3.8) is 0 Å². The molecule has 2 aromatic carbocycles. The Kier molecular flexibility index (Phi) is 4.74. The van der Waals surface area contributed by atoms with Gasteiger partial charge in [-0.3, -0.25) is 9.59 Å². The van der Waals surface area contributed by atoms with E-state index in [1.165, 1.54) is 11.5 Å². The summed E-state index contributed by atoms with van der Waals surface area (Å²) in [6.07, 6.45) is 0. The fourth-order valence-corrected chi connectivity index (χ4v) is 4.11. The van der Waals surface area contributed by atoms with Gasteiger partial charge in [0.15, 0.2) is 0 Å². The van der Waals surface area contributed by atoms with Gasteiger partial charge in [0.25, 0.3) is 11.8 Å². The van der Waals surface area contributed by atoms with Crippen molar-refractivity contribution in [1.29, 1.82) is 0 Å². The van der Waals surface area contributed by atoms with E-state index in [0.717, 1.165) is 14.6 Å². The lowest BCUT2D eigenvalue weighted by molar-refractivity contribution is 0.0534. The fourth-order valence-electron chi connectivity index (χ4n) is 3.08. The molecule has 0 spiro atoms. The lowest BCUT2D eigenvalue weighted by Crippen LogP contribution is -2.50. The number of nitrogens with zero attached hydrogens (tertiary/aromatic N) is 3. The van der Waals surface area contributed by atoms with Crippen molar-refractivity contribution in [2.45, 2.75) is 0 Å². The van der Waals surface area contributed by atoms with E-state index in [1.807, 2.05) is 48.5 Å². The Morgan fingerprint density at radius 3 is 2.19 bits per heavy atom. The average Bonchev–Trinajstić information content (AvgIpc) is 3.12. The molecule has 0 atom stereocenters. The molecule has 1 aliphatic rings. The van der Waals surface area contributed by atoms with Crippen LogP contribution in [-0.4, -0.2) is 52.2 Å². The highest BCUT2D eigenvalue weighted by atomic mass is 79.9. The van der Waals surface area contributed by atoms with Crippen molar-refractivity contribution in [2.75, 3.05) is 26.2 Å². The standard InChI is InChI=1S/C19H16BrN3O2S/c20-14-7-5-13(6-8-14)18(24)22-9-11-23(12-10-22)19(25)17-15-3-1-2-4-16(15)26-21-17/h1-8H,9-12H2. The number of fused-ring (bicyclic) bond motifs is 1. The van der Waals surface area contributed by atoms with Crippen molar-refractivity contribution < 1.29 is 9.59 Å². The van der Waals surface area contributed by atoms with Crippen LogP contribution in [0.2, 0.25) is 0 Å². The predicted octanol–water partition coefficient (Wildman–Crippen LogP) is 3.66. The third kappa shape index (κ3) is 3.24. The Hall–Kier alpha value is -2.25. The van der Waals surface area contributed by atoms with Gasteiger partial charge < -0.3 is 9.80 Å². The molecule has 1 saturated heterocycles. The second-order valence-corrected chi connectivity index (χ2v) is 7.84. The van der Waals surface area contributed by atoms with Crippen molar-refractivity contribution >= 4 is 49.4 Å². The van der Waals surface area contributed by atoms with Gasteiger partial charge in [0, 0.05) is 41.6 Å². The minimum absolute atomic E-state index is 0.00343. The molecule has 0 radical (unpaired) electrons. The number of carbonyl (C=O) groups excluding carboxylic acids is 2. The third-order valence-corrected chi connectivity index (χ3v) is 5.88. The molecule has 1 aromatic heterocycles. The van der Waals surface area contributed by atoms with Crippen LogP contribution in [0.5, 0.6) is 0 Å². The lowest BCUT2D eigenvalue weighted by Gasteiger charge is -2.34. The van der Waals surface area contributed by atoms with Gasteiger partial charge in [-0.15, -0.1) is 0 Å². The summed E-state index contributed by atoms with van der Waals surface area (Å²) in [6.45, 7) is 2.10. The van der Waals surface area contributed by atoms with Crippen molar-refractivity contribution in [3.8, 4) is 0 Å². The summed E-state index contributed by atoms with van der Waals surface area (Å²) in [7, 11) is 0. The number of piperazine rings is 1. The molecular weight excluding hydrogens is 414 g/mol. The first-order valence-corrected chi connectivity index (χ1v) is 9.88. The highest BCUT2D eigenvalue weighted by Gasteiger charge is 2.27. The van der Waals surface area contributed by atoms with Gasteiger partial charge in [0.1, 0.15) is 5.69 Å². The Morgan fingerprint density at radius 1 is 0.885 bits per heavy atom. The minimum atomic E-state index is -0.0572. The molecule has 5 nitrogen and oxygen atoms in total. The maximum Gasteiger partial charge on any atom is 0.274 e. The van der Waals surface area contributed by atoms with Crippen LogP contribution < -0.4 is 0 Å². The molecule has 7 heteroatoms. The zero-order valence-corrected chi connectivity index (χ0v) is 16.3. The maximum atomic E-state index is 12.8. The third-order valence-electron chi connectivity index (χ3n) is 4.53. The number of carbonyl (C=O) groups is 2. The zero-order valence-electron chi connectivity index (χ0n) is 13.9. The molecule has 1 aliphatic heterocycles. The van der Waals surface area contributed by atoms with Crippen LogP contribution in [0.15, 0.2) is 53.0 Å². The zero-order chi connectivity index (χ0) is 18.1. The van der Waals surface area contributed by atoms with Crippen molar-refractivity contribution in [1.82, 2.24) is 14.2 Å². The van der Waals surface area contributed by atoms with Crippen molar-refractivity contribution in [3.05, 3.63) is 64.3 Å². The quantitative estimate of drug-likeness (QED) is 0.624. The summed E-state index contributed by atoms with van der Waals surface area (Å²) in [5.41, 5.74) is 1.18. The average molecular weight is 430 g/mol. The summed E-state index contributed by atoms with van der Waals surface area (Å²) < 4.78 is 6.30. The van der Waals surface area contributed by atoms with E-state index in [4.69, 9.17) is 0 Å². The van der Waals surface area contributed by atoms with Gasteiger partial charge in [0.2, 0.25) is 0 Å². The maximum absolute atomic E-state index is 12.8. The molecular formula is C19H16BrN3O2S. The smallest absolute Gasteiger partial charge is 0.274 e. The second-order valence-electron chi connectivity index (χ2n) is 6.12. The fraction of sp³-hybridized carbons (Fsp3) is 0.211. The van der Waals surface area contributed by atoms with E-state index in [2.05, 4.69) is 20.3 Å². The molecule has 0 bridgehead atoms. The first kappa shape index (κ1) is 17.2. The van der Waals surface area contributed by atoms with E-state index < -0.39 is 0 Å². The number of hydrogen-bond acceptors (Lipinski definition) is 4. The number of halogens is 1. The summed E-state index contributed by atoms with van der Waals surface area (Å²) in [5, 5.41) is 0.899. The largest absolute Gasteiger partial charge is 0.335 e. The van der Waals surface area contributed by atoms with Crippen LogP contribution in [0.4, 0.5) is 0 Å². The molecule has 26 heavy (non-hydrogen) atoms. The Bertz CT molecular complexity index is 962. The molecule has 2 heterocycles. The summed E-state index contributed by atoms with van der Waals surface area (Å²) in [6, 6.07) is 15.1. The molecule has 132 valence electrons. The van der Waals surface area contributed by atoms with Gasteiger partial charge in [-0.2, -0.15) is 4.37 Å². The Balaban J connectivity index is 1.44. The van der Waals surface area contributed by atoms with Gasteiger partial charge in [-0.1, -0.05) is 34.1 Å². The van der Waals surface area contributed by atoms with E-state index in [9.17, 15) is 9.59 Å². The topological polar surface area (TPSA) is 53.5 Å². The monoisotopic (exact) mass is 429 g/mol. The van der Waals surface area contributed by atoms with Gasteiger partial charge in [-0.05, 0) is 41.9 Å². The van der Waals surface area contributed by atoms with E-state index in [1.54, 1.807) is 9.80 Å². The predicted molar refractivity (Wildman–Crippen MR) is 106 cm³/mol. The van der Waals surface area contributed by atoms with Crippen LogP contribution in [0.1, 0.15) is 20.8 Å².